The van der Waals surface area contributed by atoms with E-state index in [4.69, 9.17) is 10.2 Å². The molecule has 0 saturated carbocycles. The number of carbonyl (C=O) groups is 3. The molecule has 0 heterocycles. The second kappa shape index (κ2) is 7.02. The first kappa shape index (κ1) is 17.1. The standard InChI is InChI=1S/C8H12O7.ClH/c1-5(9)15-8(14-2,7(12)13)4-3-6(10)11;/h3-4H2,1-2H3,(H,10,11)(H,12,13);1H. The normalized spacial score (nSPS) is 13.1. The molecule has 0 aliphatic heterocycles. The van der Waals surface area contributed by atoms with E-state index in [9.17, 15) is 14.4 Å². The predicted octanol–water partition coefficient (Wildman–Crippen LogP) is 0.263. The summed E-state index contributed by atoms with van der Waals surface area (Å²) in [6.07, 6.45) is -0.929. The van der Waals surface area contributed by atoms with E-state index in [1.54, 1.807) is 0 Å². The Bertz CT molecular complexity index is 278. The molecule has 7 nitrogen and oxygen atoms in total. The number of carboxylic acids is 2. The van der Waals surface area contributed by atoms with Crippen LogP contribution in [0.25, 0.3) is 0 Å². The van der Waals surface area contributed by atoms with Crippen molar-refractivity contribution in [3.63, 3.8) is 0 Å². The molecule has 0 spiro atoms. The Morgan fingerprint density at radius 3 is 2.00 bits per heavy atom. The Labute approximate surface area is 97.7 Å². The summed E-state index contributed by atoms with van der Waals surface area (Å²) in [5.41, 5.74) is 0. The van der Waals surface area contributed by atoms with Gasteiger partial charge in [0.05, 0.1) is 6.42 Å². The molecule has 0 saturated heterocycles. The summed E-state index contributed by atoms with van der Waals surface area (Å²) in [6.45, 7) is 1.01. The first-order chi connectivity index (χ1) is 6.84. The van der Waals surface area contributed by atoms with Gasteiger partial charge in [-0.15, -0.1) is 12.4 Å². The van der Waals surface area contributed by atoms with Gasteiger partial charge in [-0.1, -0.05) is 0 Å². The lowest BCUT2D eigenvalue weighted by Gasteiger charge is -2.26. The highest BCUT2D eigenvalue weighted by atomic mass is 35.5. The maximum absolute atomic E-state index is 10.8. The summed E-state index contributed by atoms with van der Waals surface area (Å²) in [5.74, 6) is -5.82. The molecule has 1 unspecified atom stereocenters. The fourth-order valence-corrected chi connectivity index (χ4v) is 0.936. The van der Waals surface area contributed by atoms with Gasteiger partial charge in [0.15, 0.2) is 0 Å². The van der Waals surface area contributed by atoms with E-state index in [0.717, 1.165) is 14.0 Å². The predicted molar refractivity (Wildman–Crippen MR) is 53.3 cm³/mol. The van der Waals surface area contributed by atoms with E-state index in [-0.39, 0.29) is 12.4 Å². The van der Waals surface area contributed by atoms with Gasteiger partial charge in [0.1, 0.15) is 0 Å². The third-order valence-corrected chi connectivity index (χ3v) is 1.63. The maximum atomic E-state index is 10.8. The molecule has 1 atom stereocenters. The molecule has 94 valence electrons. The number of hydrogen-bond acceptors (Lipinski definition) is 5. The number of aliphatic carboxylic acids is 2. The lowest BCUT2D eigenvalue weighted by Crippen LogP contribution is -2.45. The van der Waals surface area contributed by atoms with Gasteiger partial charge in [-0.3, -0.25) is 9.59 Å². The summed E-state index contributed by atoms with van der Waals surface area (Å²) < 4.78 is 9.03. The number of carboxylic acid groups (broad SMARTS) is 2. The molecule has 0 aromatic carbocycles. The van der Waals surface area contributed by atoms with Crippen LogP contribution in [0.15, 0.2) is 0 Å². The number of methoxy groups -OCH3 is 1. The zero-order valence-corrected chi connectivity index (χ0v) is 9.57. The summed E-state index contributed by atoms with van der Waals surface area (Å²) in [4.78, 5) is 31.7. The average Bonchev–Trinajstić information content (AvgIpc) is 2.11. The van der Waals surface area contributed by atoms with Crippen LogP contribution < -0.4 is 0 Å². The Hall–Kier alpha value is -1.34. The summed E-state index contributed by atoms with van der Waals surface area (Å²) >= 11 is 0. The maximum Gasteiger partial charge on any atom is 0.377 e. The van der Waals surface area contributed by atoms with Crippen molar-refractivity contribution in [2.45, 2.75) is 25.6 Å². The summed E-state index contributed by atoms with van der Waals surface area (Å²) in [6, 6.07) is 0. The SMILES string of the molecule is COC(CCC(=O)O)(OC(C)=O)C(=O)O.Cl. The van der Waals surface area contributed by atoms with Gasteiger partial charge in [0.25, 0.3) is 0 Å². The van der Waals surface area contributed by atoms with Crippen LogP contribution in [0.3, 0.4) is 0 Å². The second-order valence-corrected chi connectivity index (χ2v) is 2.75. The van der Waals surface area contributed by atoms with Crippen molar-refractivity contribution in [3.05, 3.63) is 0 Å². The van der Waals surface area contributed by atoms with Crippen LogP contribution in [0.5, 0.6) is 0 Å². The van der Waals surface area contributed by atoms with Crippen LogP contribution in [-0.4, -0.2) is 41.0 Å². The van der Waals surface area contributed by atoms with Crippen LogP contribution in [0.4, 0.5) is 0 Å². The Morgan fingerprint density at radius 2 is 1.75 bits per heavy atom. The molecular weight excluding hydrogens is 244 g/mol. The van der Waals surface area contributed by atoms with Crippen molar-refractivity contribution in [2.75, 3.05) is 7.11 Å². The third-order valence-electron chi connectivity index (χ3n) is 1.63. The summed E-state index contributed by atoms with van der Waals surface area (Å²) in [5, 5.41) is 17.2. The van der Waals surface area contributed by atoms with Crippen LogP contribution in [0.2, 0.25) is 0 Å². The van der Waals surface area contributed by atoms with Crippen molar-refractivity contribution in [3.8, 4) is 0 Å². The second-order valence-electron chi connectivity index (χ2n) is 2.75. The van der Waals surface area contributed by atoms with Crippen LogP contribution in [-0.2, 0) is 23.9 Å². The molecule has 8 heteroatoms. The van der Waals surface area contributed by atoms with E-state index in [1.807, 2.05) is 0 Å². The van der Waals surface area contributed by atoms with E-state index < -0.39 is 36.5 Å². The molecule has 2 N–H and O–H groups in total. The van der Waals surface area contributed by atoms with E-state index in [2.05, 4.69) is 9.47 Å². The zero-order chi connectivity index (χ0) is 12.1. The van der Waals surface area contributed by atoms with Gasteiger partial charge in [0.2, 0.25) is 0 Å². The van der Waals surface area contributed by atoms with Gasteiger partial charge in [-0.05, 0) is 0 Å². The Kier molecular flexibility index (Phi) is 7.49. The molecule has 0 rings (SSSR count). The lowest BCUT2D eigenvalue weighted by atomic mass is 10.1. The molecule has 0 aromatic heterocycles. The van der Waals surface area contributed by atoms with Gasteiger partial charge in [-0.2, -0.15) is 0 Å². The van der Waals surface area contributed by atoms with E-state index >= 15 is 0 Å². The van der Waals surface area contributed by atoms with Crippen molar-refractivity contribution in [2.24, 2.45) is 0 Å². The first-order valence-electron chi connectivity index (χ1n) is 4.04. The molecular formula is C8H13ClO7. The van der Waals surface area contributed by atoms with Gasteiger partial charge >= 0.3 is 23.7 Å². The quantitative estimate of drug-likeness (QED) is 0.518. The monoisotopic (exact) mass is 256 g/mol. The van der Waals surface area contributed by atoms with Crippen molar-refractivity contribution >= 4 is 30.3 Å². The van der Waals surface area contributed by atoms with Crippen LogP contribution in [0.1, 0.15) is 19.8 Å². The number of carbonyl (C=O) groups excluding carboxylic acids is 1. The Morgan fingerprint density at radius 1 is 1.25 bits per heavy atom. The van der Waals surface area contributed by atoms with E-state index in [0.29, 0.717) is 0 Å². The fraction of sp³-hybridized carbons (Fsp3) is 0.625. The molecule has 0 amide bonds. The molecule has 0 bridgehead atoms. The lowest BCUT2D eigenvalue weighted by molar-refractivity contribution is -0.233. The van der Waals surface area contributed by atoms with Crippen molar-refractivity contribution < 1.29 is 34.1 Å². The topological polar surface area (TPSA) is 110 Å². The number of hydrogen-bond donors (Lipinski definition) is 2. The minimum Gasteiger partial charge on any atom is -0.481 e. The number of ether oxygens (including phenoxy) is 2. The van der Waals surface area contributed by atoms with E-state index in [1.165, 1.54) is 0 Å². The van der Waals surface area contributed by atoms with Gasteiger partial charge in [0, 0.05) is 20.5 Å². The first-order valence-corrected chi connectivity index (χ1v) is 4.04. The molecule has 0 radical (unpaired) electrons. The average molecular weight is 257 g/mol. The Balaban J connectivity index is 0. The molecule has 0 aliphatic carbocycles. The van der Waals surface area contributed by atoms with Gasteiger partial charge in [-0.25, -0.2) is 4.79 Å². The summed E-state index contributed by atoms with van der Waals surface area (Å²) in [7, 11) is 1.03. The van der Waals surface area contributed by atoms with Crippen LogP contribution >= 0.6 is 12.4 Å². The zero-order valence-electron chi connectivity index (χ0n) is 8.76. The highest BCUT2D eigenvalue weighted by Crippen LogP contribution is 2.20. The highest BCUT2D eigenvalue weighted by molar-refractivity contribution is 5.85. The number of halogens is 1. The van der Waals surface area contributed by atoms with Crippen LogP contribution in [0, 0.1) is 0 Å². The highest BCUT2D eigenvalue weighted by Gasteiger charge is 2.42. The van der Waals surface area contributed by atoms with Gasteiger partial charge < -0.3 is 19.7 Å². The molecule has 0 fully saturated rings. The van der Waals surface area contributed by atoms with Crippen molar-refractivity contribution in [1.82, 2.24) is 0 Å². The number of rotatable bonds is 6. The number of esters is 1. The molecule has 0 aliphatic rings. The minimum atomic E-state index is -2.22. The molecule has 0 aromatic rings. The fourth-order valence-electron chi connectivity index (χ4n) is 0.936. The largest absolute Gasteiger partial charge is 0.481 e. The third kappa shape index (κ3) is 4.94. The van der Waals surface area contributed by atoms with Crippen molar-refractivity contribution in [1.29, 1.82) is 0 Å². The smallest absolute Gasteiger partial charge is 0.377 e. The minimum absolute atomic E-state index is 0. The molecule has 16 heavy (non-hydrogen) atoms.